The van der Waals surface area contributed by atoms with Crippen molar-refractivity contribution in [3.05, 3.63) is 47.7 Å². The van der Waals surface area contributed by atoms with E-state index in [0.717, 1.165) is 17.4 Å². The molecule has 3 rings (SSSR count). The summed E-state index contributed by atoms with van der Waals surface area (Å²) in [4.78, 5) is 11.2. The molecule has 6 nitrogen and oxygen atoms in total. The third-order valence-corrected chi connectivity index (χ3v) is 4.22. The van der Waals surface area contributed by atoms with E-state index in [4.69, 9.17) is 14.0 Å². The average Bonchev–Trinajstić information content (AvgIpc) is 3.04. The van der Waals surface area contributed by atoms with Crippen LogP contribution in [0.15, 0.2) is 46.5 Å². The number of fused-ring (bicyclic) bond motifs is 1. The zero-order valence-corrected chi connectivity index (χ0v) is 15.3. The second-order valence-corrected chi connectivity index (χ2v) is 6.30. The molecule has 1 heterocycles. The zero-order chi connectivity index (χ0) is 18.5. The molecule has 0 fully saturated rings. The molecule has 1 aromatic heterocycles. The fourth-order valence-corrected chi connectivity index (χ4v) is 2.97. The first kappa shape index (κ1) is 18.2. The Bertz CT molecular complexity index is 837. The van der Waals surface area contributed by atoms with Gasteiger partial charge in [-0.05, 0) is 38.0 Å². The first-order valence-electron chi connectivity index (χ1n) is 8.85. The topological polar surface area (TPSA) is 73.6 Å². The van der Waals surface area contributed by atoms with Gasteiger partial charge in [0.25, 0.3) is 0 Å². The van der Waals surface area contributed by atoms with Crippen molar-refractivity contribution in [2.45, 2.75) is 39.3 Å². The third kappa shape index (κ3) is 4.32. The van der Waals surface area contributed by atoms with Gasteiger partial charge in [0, 0.05) is 25.0 Å². The summed E-state index contributed by atoms with van der Waals surface area (Å²) in [5.74, 6) is 0.614. The molecule has 0 saturated carbocycles. The molecule has 138 valence electrons. The van der Waals surface area contributed by atoms with Crippen LogP contribution in [0.25, 0.3) is 11.0 Å². The largest absolute Gasteiger partial charge is 0.489 e. The minimum Gasteiger partial charge on any atom is -0.489 e. The fourth-order valence-electron chi connectivity index (χ4n) is 2.97. The van der Waals surface area contributed by atoms with E-state index in [0.29, 0.717) is 30.2 Å². The predicted octanol–water partition coefficient (Wildman–Crippen LogP) is 3.70. The molecule has 2 unspecified atom stereocenters. The SMILES string of the molecule is CCOC1C=CC(COc2ccc3c(C(C)NC(C)=O)noc3c2)=CC1. The van der Waals surface area contributed by atoms with Crippen LogP contribution in [-0.2, 0) is 9.53 Å². The lowest BCUT2D eigenvalue weighted by molar-refractivity contribution is -0.119. The van der Waals surface area contributed by atoms with Crippen molar-refractivity contribution in [2.75, 3.05) is 13.2 Å². The van der Waals surface area contributed by atoms with Crippen LogP contribution >= 0.6 is 0 Å². The monoisotopic (exact) mass is 356 g/mol. The Kier molecular flexibility index (Phi) is 5.73. The van der Waals surface area contributed by atoms with Gasteiger partial charge < -0.3 is 19.3 Å². The van der Waals surface area contributed by atoms with E-state index in [1.807, 2.05) is 38.1 Å². The molecular weight excluding hydrogens is 332 g/mol. The highest BCUT2D eigenvalue weighted by Gasteiger charge is 2.16. The van der Waals surface area contributed by atoms with E-state index in [9.17, 15) is 4.79 Å². The number of rotatable bonds is 7. The summed E-state index contributed by atoms with van der Waals surface area (Å²) in [5, 5.41) is 7.77. The maximum Gasteiger partial charge on any atom is 0.217 e. The summed E-state index contributed by atoms with van der Waals surface area (Å²) in [7, 11) is 0. The second-order valence-electron chi connectivity index (χ2n) is 6.30. The van der Waals surface area contributed by atoms with Crippen molar-refractivity contribution in [1.82, 2.24) is 10.5 Å². The Morgan fingerprint density at radius 1 is 1.46 bits per heavy atom. The molecule has 1 N–H and O–H groups in total. The van der Waals surface area contributed by atoms with E-state index in [1.54, 1.807) is 0 Å². The van der Waals surface area contributed by atoms with Crippen LogP contribution in [0.1, 0.15) is 38.9 Å². The van der Waals surface area contributed by atoms with E-state index in [-0.39, 0.29) is 18.1 Å². The van der Waals surface area contributed by atoms with Gasteiger partial charge in [0.1, 0.15) is 18.1 Å². The highest BCUT2D eigenvalue weighted by molar-refractivity contribution is 5.82. The number of carbonyl (C=O) groups is 1. The van der Waals surface area contributed by atoms with Crippen molar-refractivity contribution in [3.8, 4) is 5.75 Å². The van der Waals surface area contributed by atoms with Crippen LogP contribution in [0.3, 0.4) is 0 Å². The summed E-state index contributed by atoms with van der Waals surface area (Å²) in [6, 6.07) is 5.41. The van der Waals surface area contributed by atoms with Crippen molar-refractivity contribution in [1.29, 1.82) is 0 Å². The van der Waals surface area contributed by atoms with Crippen molar-refractivity contribution in [3.63, 3.8) is 0 Å². The standard InChI is InChI=1S/C20H24N2O4/c1-4-24-16-7-5-15(6-8-16)12-25-17-9-10-18-19(11-17)26-22-20(18)13(2)21-14(3)23/h5-7,9-11,13,16H,4,8,12H2,1-3H3,(H,21,23). The Morgan fingerprint density at radius 3 is 3.00 bits per heavy atom. The number of carbonyl (C=O) groups excluding carboxylic acids is 1. The Labute approximate surface area is 152 Å². The first-order chi connectivity index (χ1) is 12.6. The number of hydrogen-bond acceptors (Lipinski definition) is 5. The van der Waals surface area contributed by atoms with Gasteiger partial charge in [0.2, 0.25) is 5.91 Å². The van der Waals surface area contributed by atoms with Crippen molar-refractivity contribution < 1.29 is 18.8 Å². The van der Waals surface area contributed by atoms with Gasteiger partial charge in [-0.25, -0.2) is 0 Å². The highest BCUT2D eigenvalue weighted by atomic mass is 16.5. The van der Waals surface area contributed by atoms with Gasteiger partial charge in [-0.15, -0.1) is 0 Å². The molecule has 0 bridgehead atoms. The normalized spacial score (nSPS) is 17.8. The Hall–Kier alpha value is -2.60. The first-order valence-corrected chi connectivity index (χ1v) is 8.85. The predicted molar refractivity (Wildman–Crippen MR) is 99.0 cm³/mol. The van der Waals surface area contributed by atoms with Gasteiger partial charge in [0.15, 0.2) is 5.58 Å². The molecule has 1 aliphatic carbocycles. The Morgan fingerprint density at radius 2 is 2.31 bits per heavy atom. The minimum absolute atomic E-state index is 0.103. The van der Waals surface area contributed by atoms with E-state index in [2.05, 4.69) is 22.6 Å². The summed E-state index contributed by atoms with van der Waals surface area (Å²) in [6.07, 6.45) is 7.29. The van der Waals surface area contributed by atoms with Crippen molar-refractivity contribution in [2.24, 2.45) is 0 Å². The maximum atomic E-state index is 11.2. The molecule has 1 amide bonds. The second kappa shape index (κ2) is 8.19. The van der Waals surface area contributed by atoms with Gasteiger partial charge in [-0.1, -0.05) is 23.4 Å². The van der Waals surface area contributed by atoms with Crippen molar-refractivity contribution >= 4 is 16.9 Å². The number of nitrogens with one attached hydrogen (secondary N) is 1. The summed E-state index contributed by atoms with van der Waals surface area (Å²) >= 11 is 0. The molecular formula is C20H24N2O4. The zero-order valence-electron chi connectivity index (χ0n) is 15.3. The molecule has 1 aliphatic rings. The fraction of sp³-hybridized carbons (Fsp3) is 0.400. The number of benzene rings is 1. The molecule has 0 spiro atoms. The van der Waals surface area contributed by atoms with Gasteiger partial charge >= 0.3 is 0 Å². The maximum absolute atomic E-state index is 11.2. The average molecular weight is 356 g/mol. The van der Waals surface area contributed by atoms with Crippen LogP contribution in [0.4, 0.5) is 0 Å². The van der Waals surface area contributed by atoms with E-state index < -0.39 is 0 Å². The van der Waals surface area contributed by atoms with Crippen LogP contribution in [0, 0.1) is 0 Å². The quantitative estimate of drug-likeness (QED) is 0.819. The lowest BCUT2D eigenvalue weighted by atomic mass is 10.1. The number of amides is 1. The molecule has 1 aromatic carbocycles. The van der Waals surface area contributed by atoms with Gasteiger partial charge in [-0.2, -0.15) is 0 Å². The number of nitrogens with zero attached hydrogens (tertiary/aromatic N) is 1. The smallest absolute Gasteiger partial charge is 0.217 e. The van der Waals surface area contributed by atoms with Gasteiger partial charge in [-0.3, -0.25) is 4.79 Å². The molecule has 0 radical (unpaired) electrons. The molecule has 2 aromatic rings. The molecule has 0 saturated heterocycles. The number of ether oxygens (including phenoxy) is 2. The lowest BCUT2D eigenvalue weighted by Gasteiger charge is -2.16. The molecule has 2 atom stereocenters. The number of aromatic nitrogens is 1. The molecule has 0 aliphatic heterocycles. The summed E-state index contributed by atoms with van der Waals surface area (Å²) < 4.78 is 16.8. The van der Waals surface area contributed by atoms with E-state index in [1.165, 1.54) is 6.92 Å². The van der Waals surface area contributed by atoms with Gasteiger partial charge in [0.05, 0.1) is 12.1 Å². The third-order valence-electron chi connectivity index (χ3n) is 4.22. The summed E-state index contributed by atoms with van der Waals surface area (Å²) in [6.45, 7) is 6.56. The molecule has 6 heteroatoms. The number of hydrogen-bond donors (Lipinski definition) is 1. The Balaban J connectivity index is 1.63. The van der Waals surface area contributed by atoms with Crippen LogP contribution < -0.4 is 10.1 Å². The van der Waals surface area contributed by atoms with Crippen LogP contribution in [0.2, 0.25) is 0 Å². The van der Waals surface area contributed by atoms with E-state index >= 15 is 0 Å². The minimum atomic E-state index is -0.212. The molecule has 26 heavy (non-hydrogen) atoms. The summed E-state index contributed by atoms with van der Waals surface area (Å²) in [5.41, 5.74) is 2.47. The van der Waals surface area contributed by atoms with Crippen LogP contribution in [0.5, 0.6) is 5.75 Å². The van der Waals surface area contributed by atoms with Crippen LogP contribution in [-0.4, -0.2) is 30.4 Å². The highest BCUT2D eigenvalue weighted by Crippen LogP contribution is 2.27. The lowest BCUT2D eigenvalue weighted by Crippen LogP contribution is -2.23.